The highest BCUT2D eigenvalue weighted by molar-refractivity contribution is 7.89. The maximum atomic E-state index is 13.2. The van der Waals surface area contributed by atoms with Crippen molar-refractivity contribution in [2.45, 2.75) is 11.4 Å². The van der Waals surface area contributed by atoms with Gasteiger partial charge in [0.05, 0.1) is 11.2 Å². The summed E-state index contributed by atoms with van der Waals surface area (Å²) in [6.07, 6.45) is 5.38. The van der Waals surface area contributed by atoms with Crippen molar-refractivity contribution >= 4 is 26.7 Å². The normalized spacial score (nSPS) is 15.1. The molecular formula is C25H24N4O3S. The van der Waals surface area contributed by atoms with Crippen molar-refractivity contribution in [1.29, 1.82) is 0 Å². The minimum Gasteiger partial charge on any atom is -0.336 e. The minimum absolute atomic E-state index is 0.0769. The van der Waals surface area contributed by atoms with E-state index in [1.54, 1.807) is 29.6 Å². The molecule has 0 saturated carbocycles. The lowest BCUT2D eigenvalue weighted by Gasteiger charge is -2.34. The topological polar surface area (TPSA) is 75.5 Å². The second-order valence-electron chi connectivity index (χ2n) is 8.14. The molecular weight excluding hydrogens is 436 g/mol. The van der Waals surface area contributed by atoms with Crippen LogP contribution in [0.3, 0.4) is 0 Å². The van der Waals surface area contributed by atoms with E-state index in [4.69, 9.17) is 0 Å². The number of nitrogens with zero attached hydrogens (tertiary/aromatic N) is 4. The zero-order valence-electron chi connectivity index (χ0n) is 18.0. The molecule has 3 aromatic carbocycles. The lowest BCUT2D eigenvalue weighted by atomic mass is 10.1. The molecule has 1 fully saturated rings. The maximum Gasteiger partial charge on any atom is 0.253 e. The minimum atomic E-state index is -3.61. The lowest BCUT2D eigenvalue weighted by molar-refractivity contribution is 0.0698. The molecule has 5 rings (SSSR count). The van der Waals surface area contributed by atoms with Crippen LogP contribution in [-0.2, 0) is 16.6 Å². The van der Waals surface area contributed by atoms with E-state index in [0.717, 1.165) is 16.3 Å². The van der Waals surface area contributed by atoms with Crippen LogP contribution in [0.1, 0.15) is 15.9 Å². The summed E-state index contributed by atoms with van der Waals surface area (Å²) in [7, 11) is -3.61. The molecule has 1 aliphatic heterocycles. The van der Waals surface area contributed by atoms with E-state index in [-0.39, 0.29) is 23.9 Å². The average Bonchev–Trinajstić information content (AvgIpc) is 3.37. The fourth-order valence-electron chi connectivity index (χ4n) is 4.13. The zero-order valence-corrected chi connectivity index (χ0v) is 18.9. The Morgan fingerprint density at radius 3 is 2.30 bits per heavy atom. The van der Waals surface area contributed by atoms with Gasteiger partial charge >= 0.3 is 0 Å². The number of sulfonamides is 1. The van der Waals surface area contributed by atoms with Crippen LogP contribution in [0.25, 0.3) is 10.8 Å². The smallest absolute Gasteiger partial charge is 0.253 e. The Bertz CT molecular complexity index is 1370. The van der Waals surface area contributed by atoms with Gasteiger partial charge in [-0.1, -0.05) is 42.5 Å². The Morgan fingerprint density at radius 2 is 1.61 bits per heavy atom. The number of fused-ring (bicyclic) bond motifs is 1. The SMILES string of the molecule is O=C(c1ccc(Cn2ccnc2)cc1)N1CCN(S(=O)(=O)c2ccc3ccccc3c2)CC1. The van der Waals surface area contributed by atoms with Crippen molar-refractivity contribution in [2.75, 3.05) is 26.2 Å². The molecule has 8 heteroatoms. The number of aromatic nitrogens is 2. The highest BCUT2D eigenvalue weighted by Gasteiger charge is 2.30. The quantitative estimate of drug-likeness (QED) is 0.458. The van der Waals surface area contributed by atoms with Crippen molar-refractivity contribution in [3.8, 4) is 0 Å². The highest BCUT2D eigenvalue weighted by Crippen LogP contribution is 2.23. The molecule has 1 aliphatic rings. The zero-order chi connectivity index (χ0) is 22.8. The van der Waals surface area contributed by atoms with Crippen LogP contribution in [-0.4, -0.2) is 59.3 Å². The molecule has 0 radical (unpaired) electrons. The Morgan fingerprint density at radius 1 is 0.879 bits per heavy atom. The van der Waals surface area contributed by atoms with Crippen LogP contribution in [0, 0.1) is 0 Å². The Hall–Kier alpha value is -3.49. The number of carbonyl (C=O) groups excluding carboxylic acids is 1. The molecule has 0 bridgehead atoms. The van der Waals surface area contributed by atoms with Gasteiger partial charge in [-0.05, 0) is 40.6 Å². The van der Waals surface area contributed by atoms with Gasteiger partial charge in [0.1, 0.15) is 0 Å². The van der Waals surface area contributed by atoms with Gasteiger partial charge in [-0.15, -0.1) is 0 Å². The van der Waals surface area contributed by atoms with Crippen LogP contribution in [0.2, 0.25) is 0 Å². The van der Waals surface area contributed by atoms with Crippen molar-refractivity contribution in [2.24, 2.45) is 0 Å². The van der Waals surface area contributed by atoms with Crippen molar-refractivity contribution in [1.82, 2.24) is 18.8 Å². The number of piperazine rings is 1. The first-order valence-corrected chi connectivity index (χ1v) is 12.3. The van der Waals surface area contributed by atoms with Gasteiger partial charge in [0, 0.05) is 50.7 Å². The Balaban J connectivity index is 1.24. The van der Waals surface area contributed by atoms with E-state index >= 15 is 0 Å². The van der Waals surface area contributed by atoms with Crippen LogP contribution in [0.4, 0.5) is 0 Å². The largest absolute Gasteiger partial charge is 0.336 e. The summed E-state index contributed by atoms with van der Waals surface area (Å²) < 4.78 is 29.8. The van der Waals surface area contributed by atoms with Crippen LogP contribution < -0.4 is 0 Å². The summed E-state index contributed by atoms with van der Waals surface area (Å²) in [6, 6.07) is 20.4. The van der Waals surface area contributed by atoms with E-state index in [0.29, 0.717) is 25.2 Å². The Labute approximate surface area is 192 Å². The molecule has 168 valence electrons. The highest BCUT2D eigenvalue weighted by atomic mass is 32.2. The van der Waals surface area contributed by atoms with Crippen LogP contribution >= 0.6 is 0 Å². The van der Waals surface area contributed by atoms with Crippen molar-refractivity contribution in [3.63, 3.8) is 0 Å². The van der Waals surface area contributed by atoms with Crippen LogP contribution in [0.15, 0.2) is 90.3 Å². The van der Waals surface area contributed by atoms with E-state index < -0.39 is 10.0 Å². The van der Waals surface area contributed by atoms with E-state index in [2.05, 4.69) is 4.98 Å². The van der Waals surface area contributed by atoms with Gasteiger partial charge in [-0.25, -0.2) is 13.4 Å². The molecule has 0 unspecified atom stereocenters. The molecule has 0 atom stereocenters. The first-order chi connectivity index (χ1) is 16.0. The first-order valence-electron chi connectivity index (χ1n) is 10.8. The van der Waals surface area contributed by atoms with Crippen molar-refractivity contribution < 1.29 is 13.2 Å². The van der Waals surface area contributed by atoms with E-state index in [1.807, 2.05) is 65.4 Å². The molecule has 2 heterocycles. The number of hydrogen-bond donors (Lipinski definition) is 0. The number of rotatable bonds is 5. The third-order valence-electron chi connectivity index (χ3n) is 6.01. The van der Waals surface area contributed by atoms with Crippen molar-refractivity contribution in [3.05, 3.63) is 96.6 Å². The summed E-state index contributed by atoms with van der Waals surface area (Å²) in [6.45, 7) is 1.98. The number of carbonyl (C=O) groups is 1. The number of benzene rings is 3. The Kier molecular flexibility index (Phi) is 5.70. The summed E-state index contributed by atoms with van der Waals surface area (Å²) >= 11 is 0. The van der Waals surface area contributed by atoms with Gasteiger partial charge in [-0.3, -0.25) is 4.79 Å². The summed E-state index contributed by atoms with van der Waals surface area (Å²) in [4.78, 5) is 19.0. The molecule has 0 N–H and O–H groups in total. The van der Waals surface area contributed by atoms with E-state index in [1.165, 1.54) is 4.31 Å². The van der Waals surface area contributed by atoms with Gasteiger partial charge in [0.15, 0.2) is 0 Å². The lowest BCUT2D eigenvalue weighted by Crippen LogP contribution is -2.50. The number of imidazole rings is 1. The van der Waals surface area contributed by atoms with Gasteiger partial charge in [0.2, 0.25) is 10.0 Å². The molecule has 1 saturated heterocycles. The fraction of sp³-hybridized carbons (Fsp3) is 0.200. The molecule has 0 aliphatic carbocycles. The van der Waals surface area contributed by atoms with Gasteiger partial charge in [0.25, 0.3) is 5.91 Å². The summed E-state index contributed by atoms with van der Waals surface area (Å²) in [5.74, 6) is -0.0769. The van der Waals surface area contributed by atoms with Gasteiger partial charge in [-0.2, -0.15) is 4.31 Å². The van der Waals surface area contributed by atoms with Crippen LogP contribution in [0.5, 0.6) is 0 Å². The standard InChI is InChI=1S/C25H24N4O3S/c30-25(22-7-5-20(6-8-22)18-27-12-11-26-19-27)28-13-15-29(16-14-28)33(31,32)24-10-9-21-3-1-2-4-23(21)17-24/h1-12,17,19H,13-16,18H2. The average molecular weight is 461 g/mol. The summed E-state index contributed by atoms with van der Waals surface area (Å²) in [5.41, 5.74) is 1.69. The molecule has 33 heavy (non-hydrogen) atoms. The van der Waals surface area contributed by atoms with Gasteiger partial charge < -0.3 is 9.47 Å². The second-order valence-corrected chi connectivity index (χ2v) is 10.1. The maximum absolute atomic E-state index is 13.2. The molecule has 4 aromatic rings. The molecule has 1 aromatic heterocycles. The second kappa shape index (κ2) is 8.80. The molecule has 1 amide bonds. The third kappa shape index (κ3) is 4.40. The number of hydrogen-bond acceptors (Lipinski definition) is 4. The van der Waals surface area contributed by atoms with E-state index in [9.17, 15) is 13.2 Å². The predicted molar refractivity (Wildman–Crippen MR) is 126 cm³/mol. The molecule has 0 spiro atoms. The number of amides is 1. The molecule has 7 nitrogen and oxygen atoms in total. The first kappa shape index (κ1) is 21.4. The third-order valence-corrected chi connectivity index (χ3v) is 7.90. The predicted octanol–water partition coefficient (Wildman–Crippen LogP) is 3.23. The summed E-state index contributed by atoms with van der Waals surface area (Å²) in [5, 5.41) is 1.90. The monoisotopic (exact) mass is 460 g/mol. The fourth-order valence-corrected chi connectivity index (χ4v) is 5.59.